The third-order valence-corrected chi connectivity index (χ3v) is 6.21. The highest BCUT2D eigenvalue weighted by molar-refractivity contribution is 8.00. The summed E-state index contributed by atoms with van der Waals surface area (Å²) >= 11 is 1.27. The van der Waals surface area contributed by atoms with Gasteiger partial charge in [-0.25, -0.2) is 4.39 Å². The zero-order valence-electron chi connectivity index (χ0n) is 15.2. The number of carbonyl (C=O) groups excluding carboxylic acids is 1. The molecule has 3 rings (SSSR count). The number of carbonyl (C=O) groups is 1. The Morgan fingerprint density at radius 3 is 2.96 bits per heavy atom. The summed E-state index contributed by atoms with van der Waals surface area (Å²) in [4.78, 5) is 12.6. The molecule has 1 fully saturated rings. The molecule has 1 amide bonds. The Morgan fingerprint density at radius 2 is 2.19 bits per heavy atom. The van der Waals surface area contributed by atoms with Gasteiger partial charge in [0.05, 0.1) is 10.9 Å². The topological polar surface area (TPSA) is 72.7 Å². The largest absolute Gasteiger partial charge is 0.352 e. The lowest BCUT2D eigenvalue weighted by Crippen LogP contribution is -2.46. The summed E-state index contributed by atoms with van der Waals surface area (Å²) in [5.41, 5.74) is 0.528. The molecular formula is C18H24FN5OS. The van der Waals surface area contributed by atoms with E-state index in [0.717, 1.165) is 12.8 Å². The number of thioether (sulfide) groups is 1. The van der Waals surface area contributed by atoms with Crippen molar-refractivity contribution in [2.24, 2.45) is 11.8 Å². The van der Waals surface area contributed by atoms with Crippen LogP contribution in [0.3, 0.4) is 0 Å². The van der Waals surface area contributed by atoms with Gasteiger partial charge >= 0.3 is 0 Å². The van der Waals surface area contributed by atoms with Gasteiger partial charge in [-0.2, -0.15) is 4.68 Å². The number of benzene rings is 1. The normalized spacial score (nSPS) is 24.2. The molecule has 8 heteroatoms. The molecule has 140 valence electrons. The number of aromatic nitrogens is 4. The van der Waals surface area contributed by atoms with Crippen LogP contribution in [0, 0.1) is 17.7 Å². The average Bonchev–Trinajstić information content (AvgIpc) is 3.07. The first-order valence-electron chi connectivity index (χ1n) is 8.97. The number of halogens is 1. The first-order chi connectivity index (χ1) is 12.5. The van der Waals surface area contributed by atoms with Gasteiger partial charge in [0.25, 0.3) is 0 Å². The third-order valence-electron chi connectivity index (χ3n) is 5.18. The summed E-state index contributed by atoms with van der Waals surface area (Å²) in [6, 6.07) is 6.26. The second-order valence-electron chi connectivity index (χ2n) is 7.00. The summed E-state index contributed by atoms with van der Waals surface area (Å²) in [5, 5.41) is 14.9. The number of amides is 1. The van der Waals surface area contributed by atoms with Crippen LogP contribution >= 0.6 is 11.8 Å². The Morgan fingerprint density at radius 1 is 1.38 bits per heavy atom. The fourth-order valence-corrected chi connectivity index (χ4v) is 4.14. The maximum absolute atomic E-state index is 13.5. The van der Waals surface area contributed by atoms with Crippen molar-refractivity contribution in [2.45, 2.75) is 56.5 Å². The number of hydrogen-bond donors (Lipinski definition) is 1. The van der Waals surface area contributed by atoms with Crippen LogP contribution in [0.5, 0.6) is 0 Å². The Hall–Kier alpha value is -1.96. The van der Waals surface area contributed by atoms with Gasteiger partial charge in [0.2, 0.25) is 11.1 Å². The van der Waals surface area contributed by atoms with Crippen molar-refractivity contribution in [1.82, 2.24) is 25.5 Å². The van der Waals surface area contributed by atoms with E-state index < -0.39 is 0 Å². The molecule has 26 heavy (non-hydrogen) atoms. The van der Waals surface area contributed by atoms with Crippen LogP contribution in [-0.2, 0) is 4.79 Å². The predicted molar refractivity (Wildman–Crippen MR) is 98.5 cm³/mol. The van der Waals surface area contributed by atoms with E-state index >= 15 is 0 Å². The Bertz CT molecular complexity index is 768. The Balaban J connectivity index is 1.66. The molecule has 1 aromatic heterocycles. The highest BCUT2D eigenvalue weighted by Gasteiger charge is 2.30. The highest BCUT2D eigenvalue weighted by Crippen LogP contribution is 2.30. The van der Waals surface area contributed by atoms with Crippen LogP contribution in [0.1, 0.15) is 40.0 Å². The molecule has 4 atom stereocenters. The monoisotopic (exact) mass is 377 g/mol. The number of rotatable bonds is 5. The highest BCUT2D eigenvalue weighted by atomic mass is 32.2. The molecule has 0 unspecified atom stereocenters. The van der Waals surface area contributed by atoms with Gasteiger partial charge in [-0.1, -0.05) is 44.5 Å². The quantitative estimate of drug-likeness (QED) is 0.810. The molecule has 6 nitrogen and oxygen atoms in total. The van der Waals surface area contributed by atoms with E-state index in [0.29, 0.717) is 22.7 Å². The van der Waals surface area contributed by atoms with Crippen molar-refractivity contribution in [3.63, 3.8) is 0 Å². The molecule has 0 spiro atoms. The maximum atomic E-state index is 13.5. The minimum absolute atomic E-state index is 0.0188. The van der Waals surface area contributed by atoms with E-state index in [1.54, 1.807) is 12.1 Å². The van der Waals surface area contributed by atoms with Crippen molar-refractivity contribution in [3.8, 4) is 5.69 Å². The number of tetrazole rings is 1. The van der Waals surface area contributed by atoms with Crippen molar-refractivity contribution in [2.75, 3.05) is 0 Å². The fraction of sp³-hybridized carbons (Fsp3) is 0.556. The van der Waals surface area contributed by atoms with Crippen LogP contribution in [0.25, 0.3) is 5.69 Å². The second kappa shape index (κ2) is 8.16. The summed E-state index contributed by atoms with van der Waals surface area (Å²) in [5.74, 6) is 0.717. The van der Waals surface area contributed by atoms with E-state index in [1.807, 2.05) is 6.92 Å². The molecule has 1 N–H and O–H groups in total. The molecule has 0 bridgehead atoms. The zero-order chi connectivity index (χ0) is 18.7. The lowest BCUT2D eigenvalue weighted by atomic mass is 9.78. The van der Waals surface area contributed by atoms with Gasteiger partial charge in [-0.15, -0.1) is 5.10 Å². The minimum atomic E-state index is -0.361. The molecule has 1 aliphatic rings. The van der Waals surface area contributed by atoms with Crippen molar-refractivity contribution in [3.05, 3.63) is 30.1 Å². The summed E-state index contributed by atoms with van der Waals surface area (Å²) < 4.78 is 14.9. The van der Waals surface area contributed by atoms with Gasteiger partial charge in [-0.05, 0) is 53.8 Å². The molecule has 0 saturated heterocycles. The molecule has 0 aliphatic heterocycles. The fourth-order valence-electron chi connectivity index (χ4n) is 3.32. The first-order valence-corrected chi connectivity index (χ1v) is 9.85. The van der Waals surface area contributed by atoms with Crippen molar-refractivity contribution in [1.29, 1.82) is 0 Å². The molecule has 1 heterocycles. The van der Waals surface area contributed by atoms with Gasteiger partial charge in [0, 0.05) is 6.04 Å². The third kappa shape index (κ3) is 4.23. The Labute approximate surface area is 156 Å². The standard InChI is InChI=1S/C18H24FN5OS/c1-11-6-4-9-16(12(11)2)20-17(25)13(3)26-18-21-22-23-24(18)15-8-5-7-14(19)10-15/h5,7-8,10-13,16H,4,6,9H2,1-3H3,(H,20,25)/t11-,12-,13-,16+/m0/s1. The van der Waals surface area contributed by atoms with Crippen LogP contribution in [0.15, 0.2) is 29.4 Å². The van der Waals surface area contributed by atoms with Crippen LogP contribution < -0.4 is 5.32 Å². The van der Waals surface area contributed by atoms with Gasteiger partial charge in [0.15, 0.2) is 0 Å². The summed E-state index contributed by atoms with van der Waals surface area (Å²) in [6.45, 7) is 6.28. The van der Waals surface area contributed by atoms with E-state index in [4.69, 9.17) is 0 Å². The van der Waals surface area contributed by atoms with Gasteiger partial charge < -0.3 is 5.32 Å². The van der Waals surface area contributed by atoms with E-state index in [1.165, 1.54) is 35.0 Å². The van der Waals surface area contributed by atoms with E-state index in [2.05, 4.69) is 34.7 Å². The number of hydrogen-bond acceptors (Lipinski definition) is 5. The van der Waals surface area contributed by atoms with Crippen molar-refractivity contribution < 1.29 is 9.18 Å². The number of nitrogens with one attached hydrogen (secondary N) is 1. The van der Waals surface area contributed by atoms with Crippen molar-refractivity contribution >= 4 is 17.7 Å². The van der Waals surface area contributed by atoms with Gasteiger partial charge in [-0.3, -0.25) is 4.79 Å². The SMILES string of the molecule is C[C@H]1[C@@H](C)CCC[C@H]1NC(=O)[C@H](C)Sc1nnnn1-c1cccc(F)c1. The smallest absolute Gasteiger partial charge is 0.233 e. The average molecular weight is 377 g/mol. The second-order valence-corrected chi connectivity index (χ2v) is 8.30. The van der Waals surface area contributed by atoms with E-state index in [-0.39, 0.29) is 23.0 Å². The summed E-state index contributed by atoms with van der Waals surface area (Å²) in [6.07, 6.45) is 3.39. The first kappa shape index (κ1) is 18.8. The van der Waals surface area contributed by atoms with Crippen LogP contribution in [0.4, 0.5) is 4.39 Å². The lowest BCUT2D eigenvalue weighted by molar-refractivity contribution is -0.121. The maximum Gasteiger partial charge on any atom is 0.233 e. The molecule has 0 radical (unpaired) electrons. The van der Waals surface area contributed by atoms with Crippen LogP contribution in [0.2, 0.25) is 0 Å². The predicted octanol–water partition coefficient (Wildman–Crippen LogP) is 3.22. The summed E-state index contributed by atoms with van der Waals surface area (Å²) in [7, 11) is 0. The van der Waals surface area contributed by atoms with Gasteiger partial charge in [0.1, 0.15) is 5.82 Å². The number of nitrogens with zero attached hydrogens (tertiary/aromatic N) is 4. The molecule has 1 saturated carbocycles. The molecule has 1 aliphatic carbocycles. The molecular weight excluding hydrogens is 353 g/mol. The lowest BCUT2D eigenvalue weighted by Gasteiger charge is -2.35. The molecule has 1 aromatic carbocycles. The molecule has 2 aromatic rings. The zero-order valence-corrected chi connectivity index (χ0v) is 16.0. The van der Waals surface area contributed by atoms with E-state index in [9.17, 15) is 9.18 Å². The minimum Gasteiger partial charge on any atom is -0.352 e. The Kier molecular flexibility index (Phi) is 5.90. The van der Waals surface area contributed by atoms with Crippen LogP contribution in [-0.4, -0.2) is 37.4 Å².